The van der Waals surface area contributed by atoms with E-state index in [1.165, 1.54) is 6.20 Å². The number of carbonyl (C=O) groups is 1. The molecule has 1 aromatic heterocycles. The summed E-state index contributed by atoms with van der Waals surface area (Å²) in [6.45, 7) is 1.57. The molecule has 2 heterocycles. The fourth-order valence-corrected chi connectivity index (χ4v) is 2.30. The van der Waals surface area contributed by atoms with Gasteiger partial charge in [-0.2, -0.15) is 0 Å². The highest BCUT2D eigenvalue weighted by Crippen LogP contribution is 2.18. The fraction of sp³-hybridized carbons (Fsp3) is 0.667. The lowest BCUT2D eigenvalue weighted by Crippen LogP contribution is -2.40. The third-order valence-electron chi connectivity index (χ3n) is 2.64. The molecule has 0 bridgehead atoms. The normalized spacial score (nSPS) is 21.7. The van der Waals surface area contributed by atoms with Gasteiger partial charge >= 0.3 is 0 Å². The van der Waals surface area contributed by atoms with Gasteiger partial charge < -0.3 is 10.0 Å². The fourth-order valence-electron chi connectivity index (χ4n) is 1.82. The smallest absolute Gasteiger partial charge is 0.267 e. The molecule has 5 nitrogen and oxygen atoms in total. The Morgan fingerprint density at radius 3 is 3.27 bits per heavy atom. The molecular weight excluding hydrogens is 214 g/mol. The van der Waals surface area contributed by atoms with E-state index in [2.05, 4.69) is 9.59 Å². The van der Waals surface area contributed by atoms with Crippen LogP contribution in [0.15, 0.2) is 6.20 Å². The Morgan fingerprint density at radius 1 is 1.73 bits per heavy atom. The second-order valence-corrected chi connectivity index (χ2v) is 4.51. The van der Waals surface area contributed by atoms with E-state index in [0.29, 0.717) is 11.4 Å². The molecule has 1 aromatic rings. The zero-order valence-corrected chi connectivity index (χ0v) is 9.11. The van der Waals surface area contributed by atoms with Gasteiger partial charge in [-0.05, 0) is 30.3 Å². The minimum absolute atomic E-state index is 0.0110. The average Bonchev–Trinajstić information content (AvgIpc) is 2.81. The molecule has 0 aliphatic carbocycles. The molecule has 6 heteroatoms. The van der Waals surface area contributed by atoms with Crippen molar-refractivity contribution in [2.24, 2.45) is 5.92 Å². The van der Waals surface area contributed by atoms with E-state index in [0.717, 1.165) is 30.9 Å². The third kappa shape index (κ3) is 2.32. The molecule has 1 N–H and O–H groups in total. The second-order valence-electron chi connectivity index (χ2n) is 3.72. The second kappa shape index (κ2) is 4.67. The van der Waals surface area contributed by atoms with Gasteiger partial charge in [0.25, 0.3) is 5.91 Å². The Bertz CT molecular complexity index is 328. The van der Waals surface area contributed by atoms with Crippen molar-refractivity contribution in [2.45, 2.75) is 12.8 Å². The Balaban J connectivity index is 2.01. The highest BCUT2D eigenvalue weighted by atomic mass is 32.1. The highest BCUT2D eigenvalue weighted by molar-refractivity contribution is 7.07. The zero-order chi connectivity index (χ0) is 10.7. The maximum absolute atomic E-state index is 11.9. The molecule has 1 atom stereocenters. The predicted octanol–water partition coefficient (Wildman–Crippen LogP) is 0.383. The minimum atomic E-state index is -0.0110. The molecule has 82 valence electrons. The summed E-state index contributed by atoms with van der Waals surface area (Å²) in [5.74, 6) is 0.215. The molecule has 15 heavy (non-hydrogen) atoms. The summed E-state index contributed by atoms with van der Waals surface area (Å²) in [7, 11) is 0. The summed E-state index contributed by atoms with van der Waals surface area (Å²) in [6, 6.07) is 0. The first kappa shape index (κ1) is 10.5. The summed E-state index contributed by atoms with van der Waals surface area (Å²) >= 11 is 1.12. The molecule has 2 rings (SSSR count). The molecule has 1 unspecified atom stereocenters. The molecule has 0 saturated carbocycles. The van der Waals surface area contributed by atoms with Crippen molar-refractivity contribution < 1.29 is 9.90 Å². The van der Waals surface area contributed by atoms with E-state index >= 15 is 0 Å². The van der Waals surface area contributed by atoms with Crippen molar-refractivity contribution in [3.8, 4) is 0 Å². The summed E-state index contributed by atoms with van der Waals surface area (Å²) in [5, 5.41) is 12.7. The maximum Gasteiger partial charge on any atom is 0.267 e. The van der Waals surface area contributed by atoms with Gasteiger partial charge in [-0.25, -0.2) is 0 Å². The van der Waals surface area contributed by atoms with Gasteiger partial charge in [-0.15, -0.1) is 5.10 Å². The van der Waals surface area contributed by atoms with Gasteiger partial charge in [0.15, 0.2) is 0 Å². The van der Waals surface area contributed by atoms with E-state index in [1.54, 1.807) is 4.90 Å². The van der Waals surface area contributed by atoms with Crippen LogP contribution in [0, 0.1) is 5.92 Å². The third-order valence-corrected chi connectivity index (χ3v) is 3.29. The number of aliphatic hydroxyl groups is 1. The minimum Gasteiger partial charge on any atom is -0.396 e. The average molecular weight is 227 g/mol. The van der Waals surface area contributed by atoms with Gasteiger partial charge in [0.1, 0.15) is 4.88 Å². The van der Waals surface area contributed by atoms with Crippen LogP contribution >= 0.6 is 11.5 Å². The number of piperidine rings is 1. The SMILES string of the molecule is O=C(c1cnns1)N1CCCC(CO)C1. The van der Waals surface area contributed by atoms with Gasteiger partial charge in [0.2, 0.25) is 0 Å². The molecule has 0 radical (unpaired) electrons. The zero-order valence-electron chi connectivity index (χ0n) is 8.30. The molecule has 1 aliphatic heterocycles. The van der Waals surface area contributed by atoms with Crippen molar-refractivity contribution in [3.05, 3.63) is 11.1 Å². The number of amides is 1. The monoisotopic (exact) mass is 227 g/mol. The maximum atomic E-state index is 11.9. The number of carbonyl (C=O) groups excluding carboxylic acids is 1. The number of hydrogen-bond acceptors (Lipinski definition) is 5. The summed E-state index contributed by atoms with van der Waals surface area (Å²) < 4.78 is 3.67. The van der Waals surface area contributed by atoms with Gasteiger partial charge in [0, 0.05) is 19.7 Å². The Hall–Kier alpha value is -1.01. The first-order valence-corrected chi connectivity index (χ1v) is 5.76. The summed E-state index contributed by atoms with van der Waals surface area (Å²) in [6.07, 6.45) is 3.46. The van der Waals surface area contributed by atoms with Crippen molar-refractivity contribution in [1.82, 2.24) is 14.5 Å². The number of rotatable bonds is 2. The Morgan fingerprint density at radius 2 is 2.60 bits per heavy atom. The van der Waals surface area contributed by atoms with E-state index in [4.69, 9.17) is 5.11 Å². The van der Waals surface area contributed by atoms with E-state index in [-0.39, 0.29) is 18.4 Å². The quantitative estimate of drug-likeness (QED) is 0.793. The first-order valence-electron chi connectivity index (χ1n) is 4.98. The Kier molecular flexibility index (Phi) is 3.27. The molecular formula is C9H13N3O2S. The number of aliphatic hydroxyl groups excluding tert-OH is 1. The number of hydrogen-bond donors (Lipinski definition) is 1. The molecule has 1 aliphatic rings. The molecule has 1 saturated heterocycles. The van der Waals surface area contributed by atoms with Crippen LogP contribution < -0.4 is 0 Å². The summed E-state index contributed by atoms with van der Waals surface area (Å²) in [5.41, 5.74) is 0. The standard InChI is InChI=1S/C9H13N3O2S/c13-6-7-2-1-3-12(5-7)9(14)8-4-10-11-15-8/h4,7,13H,1-3,5-6H2. The van der Waals surface area contributed by atoms with E-state index in [9.17, 15) is 4.79 Å². The first-order chi connectivity index (χ1) is 7.31. The van der Waals surface area contributed by atoms with Crippen molar-refractivity contribution in [1.29, 1.82) is 0 Å². The molecule has 0 spiro atoms. The van der Waals surface area contributed by atoms with Crippen LogP contribution in [-0.2, 0) is 0 Å². The van der Waals surface area contributed by atoms with Crippen LogP contribution in [0.4, 0.5) is 0 Å². The van der Waals surface area contributed by atoms with Crippen LogP contribution in [0.3, 0.4) is 0 Å². The van der Waals surface area contributed by atoms with Crippen molar-refractivity contribution in [3.63, 3.8) is 0 Å². The van der Waals surface area contributed by atoms with Gasteiger partial charge in [-0.1, -0.05) is 4.49 Å². The van der Waals surface area contributed by atoms with Crippen LogP contribution in [0.2, 0.25) is 0 Å². The van der Waals surface area contributed by atoms with Crippen molar-refractivity contribution >= 4 is 17.4 Å². The lowest BCUT2D eigenvalue weighted by molar-refractivity contribution is 0.0625. The molecule has 1 amide bonds. The number of nitrogens with zero attached hydrogens (tertiary/aromatic N) is 3. The Labute approximate surface area is 91.9 Å². The number of aromatic nitrogens is 2. The predicted molar refractivity (Wildman–Crippen MR) is 55.6 cm³/mol. The van der Waals surface area contributed by atoms with Crippen LogP contribution in [0.25, 0.3) is 0 Å². The van der Waals surface area contributed by atoms with Gasteiger partial charge in [0.05, 0.1) is 6.20 Å². The van der Waals surface area contributed by atoms with Gasteiger partial charge in [-0.3, -0.25) is 4.79 Å². The van der Waals surface area contributed by atoms with E-state index in [1.807, 2.05) is 0 Å². The molecule has 0 aromatic carbocycles. The van der Waals surface area contributed by atoms with Crippen molar-refractivity contribution in [2.75, 3.05) is 19.7 Å². The largest absolute Gasteiger partial charge is 0.396 e. The topological polar surface area (TPSA) is 66.3 Å². The van der Waals surface area contributed by atoms with Crippen LogP contribution in [0.5, 0.6) is 0 Å². The molecule has 1 fully saturated rings. The van der Waals surface area contributed by atoms with Crippen LogP contribution in [-0.4, -0.2) is 45.2 Å². The summed E-state index contributed by atoms with van der Waals surface area (Å²) in [4.78, 5) is 14.3. The van der Waals surface area contributed by atoms with E-state index < -0.39 is 0 Å². The number of likely N-dealkylation sites (tertiary alicyclic amines) is 1. The highest BCUT2D eigenvalue weighted by Gasteiger charge is 2.24. The van der Waals surface area contributed by atoms with Crippen LogP contribution in [0.1, 0.15) is 22.5 Å². The lowest BCUT2D eigenvalue weighted by Gasteiger charge is -2.31. The lowest BCUT2D eigenvalue weighted by atomic mass is 9.99.